The number of para-hydroxylation sites is 2. The Bertz CT molecular complexity index is 638. The first kappa shape index (κ1) is 9.72. The molecule has 0 amide bonds. The van der Waals surface area contributed by atoms with Crippen molar-refractivity contribution in [3.8, 4) is 0 Å². The molecule has 0 atom stereocenters. The van der Waals surface area contributed by atoms with Gasteiger partial charge in [-0.15, -0.1) is 5.10 Å². The molecule has 1 N–H and O–H groups in total. The van der Waals surface area contributed by atoms with Crippen LogP contribution in [-0.2, 0) is 0 Å². The standard InChI is InChI=1S/C11H12N4S/c1-7(2)16-11-14-13-10-12-8-5-3-4-6-9(8)15(10)11/h3-7H,1-2H3,(H,12,13). The fourth-order valence-corrected chi connectivity index (χ4v) is 2.54. The van der Waals surface area contributed by atoms with Gasteiger partial charge in [0, 0.05) is 5.25 Å². The van der Waals surface area contributed by atoms with E-state index in [1.165, 1.54) is 0 Å². The molecule has 0 aliphatic rings. The molecule has 0 fully saturated rings. The predicted molar refractivity (Wildman–Crippen MR) is 65.8 cm³/mol. The fraction of sp³-hybridized carbons (Fsp3) is 0.273. The van der Waals surface area contributed by atoms with Crippen LogP contribution in [0.3, 0.4) is 0 Å². The highest BCUT2D eigenvalue weighted by Crippen LogP contribution is 2.25. The van der Waals surface area contributed by atoms with Gasteiger partial charge in [0.1, 0.15) is 0 Å². The average molecular weight is 232 g/mol. The Morgan fingerprint density at radius 2 is 2.12 bits per heavy atom. The molecule has 0 bridgehead atoms. The first-order valence-electron chi connectivity index (χ1n) is 5.24. The zero-order chi connectivity index (χ0) is 11.1. The Hall–Kier alpha value is -1.49. The van der Waals surface area contributed by atoms with E-state index in [1.54, 1.807) is 11.8 Å². The van der Waals surface area contributed by atoms with Crippen molar-refractivity contribution < 1.29 is 0 Å². The summed E-state index contributed by atoms with van der Waals surface area (Å²) in [5.74, 6) is 0.810. The third kappa shape index (κ3) is 1.39. The number of nitrogens with zero attached hydrogens (tertiary/aromatic N) is 3. The van der Waals surface area contributed by atoms with Gasteiger partial charge in [0.05, 0.1) is 11.0 Å². The van der Waals surface area contributed by atoms with Gasteiger partial charge in [-0.3, -0.25) is 4.40 Å². The lowest BCUT2D eigenvalue weighted by Crippen LogP contribution is -1.91. The summed E-state index contributed by atoms with van der Waals surface area (Å²) < 4.78 is 2.07. The van der Waals surface area contributed by atoms with E-state index < -0.39 is 0 Å². The number of rotatable bonds is 2. The van der Waals surface area contributed by atoms with Gasteiger partial charge < -0.3 is 0 Å². The van der Waals surface area contributed by atoms with E-state index >= 15 is 0 Å². The average Bonchev–Trinajstić information content (AvgIpc) is 2.77. The van der Waals surface area contributed by atoms with E-state index in [-0.39, 0.29) is 0 Å². The maximum Gasteiger partial charge on any atom is 0.231 e. The molecule has 3 rings (SSSR count). The van der Waals surface area contributed by atoms with Crippen molar-refractivity contribution >= 4 is 28.6 Å². The maximum absolute atomic E-state index is 4.47. The van der Waals surface area contributed by atoms with Crippen molar-refractivity contribution in [2.24, 2.45) is 0 Å². The van der Waals surface area contributed by atoms with Gasteiger partial charge in [0.15, 0.2) is 5.16 Å². The van der Waals surface area contributed by atoms with Crippen molar-refractivity contribution in [3.63, 3.8) is 0 Å². The monoisotopic (exact) mass is 232 g/mol. The van der Waals surface area contributed by atoms with E-state index in [4.69, 9.17) is 0 Å². The molecule has 82 valence electrons. The minimum atomic E-state index is 0.507. The van der Waals surface area contributed by atoms with Crippen molar-refractivity contribution in [3.05, 3.63) is 24.3 Å². The highest BCUT2D eigenvalue weighted by molar-refractivity contribution is 7.99. The molecule has 0 aliphatic heterocycles. The van der Waals surface area contributed by atoms with Crippen LogP contribution >= 0.6 is 11.8 Å². The summed E-state index contributed by atoms with van der Waals surface area (Å²) in [6, 6.07) is 8.10. The highest BCUT2D eigenvalue weighted by Gasteiger charge is 2.12. The third-order valence-corrected chi connectivity index (χ3v) is 3.30. The Labute approximate surface area is 97.1 Å². The second kappa shape index (κ2) is 3.52. The lowest BCUT2D eigenvalue weighted by Gasteiger charge is -2.01. The van der Waals surface area contributed by atoms with E-state index in [0.29, 0.717) is 5.25 Å². The summed E-state index contributed by atoms with van der Waals surface area (Å²) in [5.41, 5.74) is 2.11. The van der Waals surface area contributed by atoms with Gasteiger partial charge in [-0.1, -0.05) is 37.7 Å². The predicted octanol–water partition coefficient (Wildman–Crippen LogP) is 2.71. The second-order valence-corrected chi connectivity index (χ2v) is 5.48. The number of aromatic nitrogens is 4. The fourth-order valence-electron chi connectivity index (χ4n) is 1.73. The number of hydrogen-bond donors (Lipinski definition) is 1. The van der Waals surface area contributed by atoms with Crippen molar-refractivity contribution in [2.75, 3.05) is 0 Å². The zero-order valence-electron chi connectivity index (χ0n) is 9.14. The third-order valence-electron chi connectivity index (χ3n) is 2.34. The van der Waals surface area contributed by atoms with Crippen LogP contribution in [0.4, 0.5) is 0 Å². The normalized spacial score (nSPS) is 11.9. The van der Waals surface area contributed by atoms with Gasteiger partial charge >= 0.3 is 0 Å². The Balaban J connectivity index is 2.30. The molecule has 0 saturated carbocycles. The number of nitrogens with one attached hydrogen (secondary N) is 1. The molecule has 16 heavy (non-hydrogen) atoms. The van der Waals surface area contributed by atoms with Crippen LogP contribution in [0.25, 0.3) is 16.8 Å². The number of thioether (sulfide) groups is 1. The number of imidazole rings is 1. The van der Waals surface area contributed by atoms with Gasteiger partial charge in [-0.2, -0.15) is 0 Å². The number of H-pyrrole nitrogens is 1. The van der Waals surface area contributed by atoms with Crippen LogP contribution < -0.4 is 0 Å². The highest BCUT2D eigenvalue weighted by atomic mass is 32.2. The van der Waals surface area contributed by atoms with E-state index in [0.717, 1.165) is 22.0 Å². The van der Waals surface area contributed by atoms with E-state index in [2.05, 4.69) is 39.5 Å². The maximum atomic E-state index is 4.47. The SMILES string of the molecule is CC(C)Sc1n[nH]c2nc3ccccc3n12. The summed E-state index contributed by atoms with van der Waals surface area (Å²) in [7, 11) is 0. The largest absolute Gasteiger partial charge is 0.254 e. The van der Waals surface area contributed by atoms with Gasteiger partial charge in [0.25, 0.3) is 0 Å². The van der Waals surface area contributed by atoms with Crippen molar-refractivity contribution in [1.29, 1.82) is 0 Å². The van der Waals surface area contributed by atoms with Crippen LogP contribution in [0.1, 0.15) is 13.8 Å². The van der Waals surface area contributed by atoms with Crippen molar-refractivity contribution in [1.82, 2.24) is 19.6 Å². The molecule has 3 aromatic rings. The summed E-state index contributed by atoms with van der Waals surface area (Å²) in [4.78, 5) is 4.47. The molecule has 1 aromatic carbocycles. The minimum Gasteiger partial charge on any atom is -0.254 e. The molecule has 0 spiro atoms. The molecular formula is C11H12N4S. The summed E-state index contributed by atoms with van der Waals surface area (Å²) >= 11 is 1.73. The Morgan fingerprint density at radius 3 is 2.94 bits per heavy atom. The minimum absolute atomic E-state index is 0.507. The number of benzene rings is 1. The summed E-state index contributed by atoms with van der Waals surface area (Å²) in [5, 5.41) is 8.73. The molecular weight excluding hydrogens is 220 g/mol. The van der Waals surface area contributed by atoms with Crippen LogP contribution in [0.5, 0.6) is 0 Å². The van der Waals surface area contributed by atoms with Crippen molar-refractivity contribution in [2.45, 2.75) is 24.3 Å². The van der Waals surface area contributed by atoms with Crippen LogP contribution in [0.2, 0.25) is 0 Å². The number of hydrogen-bond acceptors (Lipinski definition) is 3. The van der Waals surface area contributed by atoms with E-state index in [1.807, 2.05) is 18.2 Å². The molecule has 0 aliphatic carbocycles. The van der Waals surface area contributed by atoms with Gasteiger partial charge in [-0.05, 0) is 12.1 Å². The number of aromatic amines is 1. The quantitative estimate of drug-likeness (QED) is 0.691. The molecule has 0 unspecified atom stereocenters. The van der Waals surface area contributed by atoms with E-state index in [9.17, 15) is 0 Å². The first-order chi connectivity index (χ1) is 7.75. The zero-order valence-corrected chi connectivity index (χ0v) is 9.95. The molecule has 0 radical (unpaired) electrons. The molecule has 4 nitrogen and oxygen atoms in total. The van der Waals surface area contributed by atoms with Gasteiger partial charge in [0.2, 0.25) is 5.78 Å². The molecule has 5 heteroatoms. The lowest BCUT2D eigenvalue weighted by atomic mass is 10.3. The topological polar surface area (TPSA) is 46.0 Å². The lowest BCUT2D eigenvalue weighted by molar-refractivity contribution is 0.930. The Morgan fingerprint density at radius 1 is 1.31 bits per heavy atom. The first-order valence-corrected chi connectivity index (χ1v) is 6.12. The molecule has 0 saturated heterocycles. The van der Waals surface area contributed by atoms with Crippen LogP contribution in [-0.4, -0.2) is 24.8 Å². The summed E-state index contributed by atoms with van der Waals surface area (Å²) in [6.45, 7) is 4.31. The smallest absolute Gasteiger partial charge is 0.231 e. The van der Waals surface area contributed by atoms with Crippen LogP contribution in [0.15, 0.2) is 29.4 Å². The van der Waals surface area contributed by atoms with Gasteiger partial charge in [-0.25, -0.2) is 10.1 Å². The second-order valence-electron chi connectivity index (χ2n) is 3.93. The molecule has 2 aromatic heterocycles. The Kier molecular flexibility index (Phi) is 2.14. The number of fused-ring (bicyclic) bond motifs is 3. The summed E-state index contributed by atoms with van der Waals surface area (Å²) in [6.07, 6.45) is 0. The molecule has 2 heterocycles. The van der Waals surface area contributed by atoms with Crippen LogP contribution in [0, 0.1) is 0 Å².